The quantitative estimate of drug-likeness (QED) is 0.705. The molecule has 14 heavy (non-hydrogen) atoms. The van der Waals surface area contributed by atoms with E-state index in [1.807, 2.05) is 24.3 Å². The van der Waals surface area contributed by atoms with Crippen LogP contribution in [0.25, 0.3) is 0 Å². The maximum atomic E-state index is 10.7. The molecule has 0 atom stereocenters. The molecule has 0 saturated carbocycles. The molecular weight excluding hydrogens is 241 g/mol. The van der Waals surface area contributed by atoms with Crippen molar-refractivity contribution in [3.05, 3.63) is 24.3 Å². The van der Waals surface area contributed by atoms with Crippen LogP contribution >= 0.6 is 0 Å². The first-order valence-corrected chi connectivity index (χ1v) is 6.37. The molecule has 2 rings (SSSR count). The zero-order valence-electron chi connectivity index (χ0n) is 7.85. The van der Waals surface area contributed by atoms with Gasteiger partial charge in [-0.2, -0.15) is 0 Å². The number of hydrogen-bond donors (Lipinski definition) is 0. The van der Waals surface area contributed by atoms with Crippen molar-refractivity contribution in [3.8, 4) is 0 Å². The van der Waals surface area contributed by atoms with Crippen molar-refractivity contribution in [1.29, 1.82) is 0 Å². The van der Waals surface area contributed by atoms with Gasteiger partial charge in [0.25, 0.3) is 0 Å². The Hall–Kier alpha value is -0.662. The molecule has 1 aromatic rings. The average molecular weight is 253 g/mol. The van der Waals surface area contributed by atoms with Crippen LogP contribution in [0.15, 0.2) is 24.3 Å². The summed E-state index contributed by atoms with van der Waals surface area (Å²) >= 11 is -0.885. The second-order valence-electron chi connectivity index (χ2n) is 3.21. The van der Waals surface area contributed by atoms with Gasteiger partial charge in [0.15, 0.2) is 0 Å². The van der Waals surface area contributed by atoms with Crippen molar-refractivity contribution in [2.45, 2.75) is 0 Å². The Bertz CT molecular complexity index is 306. The molecule has 0 N–H and O–H groups in total. The van der Waals surface area contributed by atoms with E-state index >= 15 is 0 Å². The van der Waals surface area contributed by atoms with Crippen molar-refractivity contribution in [3.63, 3.8) is 0 Å². The molecule has 1 heterocycles. The van der Waals surface area contributed by atoms with Crippen LogP contribution < -0.4 is 9.25 Å². The van der Waals surface area contributed by atoms with E-state index in [-0.39, 0.29) is 0 Å². The number of rotatable bonds is 2. The first-order valence-electron chi connectivity index (χ1n) is 4.66. The molecule has 0 aliphatic carbocycles. The van der Waals surface area contributed by atoms with Crippen LogP contribution in [0.3, 0.4) is 0 Å². The van der Waals surface area contributed by atoms with E-state index in [0.29, 0.717) is 0 Å². The van der Waals surface area contributed by atoms with Crippen LogP contribution in [0, 0.1) is 0 Å². The van der Waals surface area contributed by atoms with E-state index in [1.54, 1.807) is 0 Å². The Morgan fingerprint density at radius 2 is 1.79 bits per heavy atom. The van der Waals surface area contributed by atoms with Gasteiger partial charge in [0.05, 0.1) is 0 Å². The van der Waals surface area contributed by atoms with Crippen LogP contribution in [0.1, 0.15) is 0 Å². The van der Waals surface area contributed by atoms with Crippen molar-refractivity contribution in [2.24, 2.45) is 0 Å². The monoisotopic (exact) mass is 253 g/mol. The van der Waals surface area contributed by atoms with E-state index in [0.717, 1.165) is 30.7 Å². The molecule has 0 aromatic heterocycles. The molecule has 4 heteroatoms. The molecule has 0 spiro atoms. The van der Waals surface area contributed by atoms with E-state index < -0.39 is 15.7 Å². The molecule has 0 bridgehead atoms. The van der Waals surface area contributed by atoms with Gasteiger partial charge in [-0.15, -0.1) is 0 Å². The molecule has 1 saturated heterocycles. The van der Waals surface area contributed by atoms with E-state index in [1.165, 1.54) is 5.69 Å². The first-order chi connectivity index (χ1) is 6.90. The van der Waals surface area contributed by atoms with E-state index in [9.17, 15) is 3.74 Å². The van der Waals surface area contributed by atoms with Gasteiger partial charge >= 0.3 is 89.7 Å². The minimum atomic E-state index is -0.885. The average Bonchev–Trinajstić information content (AvgIpc) is 2.30. The third kappa shape index (κ3) is 2.22. The summed E-state index contributed by atoms with van der Waals surface area (Å²) in [6.07, 6.45) is 0. The zero-order chi connectivity index (χ0) is 9.80. The SMILES string of the molecule is O=[As]c1ccc(N2CCOCC2)cc1. The molecule has 3 nitrogen and oxygen atoms in total. The molecule has 1 aromatic carbocycles. The van der Waals surface area contributed by atoms with Crippen molar-refractivity contribution in [2.75, 3.05) is 31.2 Å². The first kappa shape index (κ1) is 9.88. The second-order valence-corrected chi connectivity index (χ2v) is 4.67. The molecule has 1 fully saturated rings. The van der Waals surface area contributed by atoms with Crippen LogP contribution in [0.2, 0.25) is 0 Å². The second kappa shape index (κ2) is 4.72. The molecule has 1 aliphatic heterocycles. The standard InChI is InChI=1S/C10H12AsNO2/c13-11-9-1-3-10(4-2-9)12-5-7-14-8-6-12/h1-4H,5-8H2. The van der Waals surface area contributed by atoms with Crippen LogP contribution in [-0.2, 0) is 8.48 Å². The molecule has 1 aliphatic rings. The van der Waals surface area contributed by atoms with Gasteiger partial charge < -0.3 is 0 Å². The van der Waals surface area contributed by atoms with Gasteiger partial charge in [-0.05, 0) is 0 Å². The van der Waals surface area contributed by atoms with Crippen LogP contribution in [0.4, 0.5) is 5.69 Å². The fourth-order valence-corrected chi connectivity index (χ4v) is 2.11. The van der Waals surface area contributed by atoms with Gasteiger partial charge in [0.1, 0.15) is 0 Å². The Morgan fingerprint density at radius 3 is 2.36 bits per heavy atom. The van der Waals surface area contributed by atoms with Gasteiger partial charge in [0, 0.05) is 0 Å². The van der Waals surface area contributed by atoms with E-state index in [2.05, 4.69) is 4.90 Å². The van der Waals surface area contributed by atoms with Gasteiger partial charge in [0.2, 0.25) is 0 Å². The van der Waals surface area contributed by atoms with Gasteiger partial charge in [-0.3, -0.25) is 0 Å². The van der Waals surface area contributed by atoms with Crippen molar-refractivity contribution < 1.29 is 8.48 Å². The van der Waals surface area contributed by atoms with Crippen molar-refractivity contribution >= 4 is 25.7 Å². The Kier molecular flexibility index (Phi) is 3.33. The summed E-state index contributed by atoms with van der Waals surface area (Å²) in [5.74, 6) is 0. The summed E-state index contributed by atoms with van der Waals surface area (Å²) in [5.41, 5.74) is 1.20. The third-order valence-electron chi connectivity index (χ3n) is 2.33. The Morgan fingerprint density at radius 1 is 1.14 bits per heavy atom. The predicted octanol–water partition coefficient (Wildman–Crippen LogP) is 0.198. The Labute approximate surface area is 90.0 Å². The molecular formula is C10H12AsNO2. The van der Waals surface area contributed by atoms with Gasteiger partial charge in [-0.25, -0.2) is 0 Å². The summed E-state index contributed by atoms with van der Waals surface area (Å²) in [7, 11) is 0. The summed E-state index contributed by atoms with van der Waals surface area (Å²) in [5, 5.41) is 0. The molecule has 0 unspecified atom stereocenters. The Balaban J connectivity index is 2.11. The number of anilines is 1. The van der Waals surface area contributed by atoms with Gasteiger partial charge in [-0.1, -0.05) is 0 Å². The molecule has 74 valence electrons. The number of ether oxygens (including phenoxy) is 1. The fraction of sp³-hybridized carbons (Fsp3) is 0.400. The molecule has 0 radical (unpaired) electrons. The summed E-state index contributed by atoms with van der Waals surface area (Å²) in [6.45, 7) is 3.50. The minimum absolute atomic E-state index is 0.801. The maximum absolute atomic E-state index is 10.7. The summed E-state index contributed by atoms with van der Waals surface area (Å²) in [6, 6.07) is 7.96. The zero-order valence-corrected chi connectivity index (χ0v) is 9.73. The number of nitrogens with zero attached hydrogens (tertiary/aromatic N) is 1. The predicted molar refractivity (Wildman–Crippen MR) is 55.5 cm³/mol. The number of morpholine rings is 1. The number of benzene rings is 1. The summed E-state index contributed by atoms with van der Waals surface area (Å²) in [4.78, 5) is 2.29. The van der Waals surface area contributed by atoms with Crippen molar-refractivity contribution in [1.82, 2.24) is 0 Å². The normalized spacial score (nSPS) is 17.3. The van der Waals surface area contributed by atoms with E-state index in [4.69, 9.17) is 4.74 Å². The van der Waals surface area contributed by atoms with Crippen LogP contribution in [-0.4, -0.2) is 42.0 Å². The fourth-order valence-electron chi connectivity index (χ4n) is 1.55. The number of hydrogen-bond acceptors (Lipinski definition) is 3. The summed E-state index contributed by atoms with van der Waals surface area (Å²) < 4.78 is 16.9. The van der Waals surface area contributed by atoms with Crippen LogP contribution in [0.5, 0.6) is 0 Å². The third-order valence-corrected chi connectivity index (χ3v) is 3.40. The molecule has 0 amide bonds. The topological polar surface area (TPSA) is 29.5 Å².